The standard InChI is InChI=1S/C24H48N2O/c1-3-4-5-6-7-8-9-10-11-12-13-14-15-16-17-18-19-24-25(2)20-21-26(24)22-23-27/h10-11,24,27H,3-9,12-23H2,1-2H3/b11-10-. The highest BCUT2D eigenvalue weighted by Gasteiger charge is 2.27. The number of aliphatic hydroxyl groups excluding tert-OH is 1. The van der Waals surface area contributed by atoms with Crippen LogP contribution in [0.15, 0.2) is 12.2 Å². The minimum absolute atomic E-state index is 0.289. The van der Waals surface area contributed by atoms with Crippen LogP contribution in [0.4, 0.5) is 0 Å². The van der Waals surface area contributed by atoms with Crippen LogP contribution in [0.2, 0.25) is 0 Å². The number of nitrogens with zero attached hydrogens (tertiary/aromatic N) is 2. The van der Waals surface area contributed by atoms with E-state index in [2.05, 4.69) is 35.9 Å². The van der Waals surface area contributed by atoms with E-state index in [1.807, 2.05) is 0 Å². The van der Waals surface area contributed by atoms with Crippen molar-refractivity contribution in [1.82, 2.24) is 9.80 Å². The Balaban J connectivity index is 1.84. The van der Waals surface area contributed by atoms with Crippen molar-refractivity contribution >= 4 is 0 Å². The summed E-state index contributed by atoms with van der Waals surface area (Å²) in [7, 11) is 2.22. The van der Waals surface area contributed by atoms with E-state index in [4.69, 9.17) is 0 Å². The van der Waals surface area contributed by atoms with Crippen LogP contribution in [0.1, 0.15) is 103 Å². The van der Waals surface area contributed by atoms with Gasteiger partial charge < -0.3 is 5.11 Å². The van der Waals surface area contributed by atoms with Gasteiger partial charge in [0.05, 0.1) is 12.8 Å². The van der Waals surface area contributed by atoms with Gasteiger partial charge in [-0.2, -0.15) is 0 Å². The van der Waals surface area contributed by atoms with Gasteiger partial charge in [0, 0.05) is 19.6 Å². The van der Waals surface area contributed by atoms with Crippen molar-refractivity contribution in [1.29, 1.82) is 0 Å². The molecule has 0 bridgehead atoms. The predicted octanol–water partition coefficient (Wildman–Crippen LogP) is 5.98. The van der Waals surface area contributed by atoms with Crippen LogP contribution < -0.4 is 0 Å². The summed E-state index contributed by atoms with van der Waals surface area (Å²) >= 11 is 0. The van der Waals surface area contributed by atoms with Crippen LogP contribution in [0.5, 0.6) is 0 Å². The van der Waals surface area contributed by atoms with Gasteiger partial charge in [-0.3, -0.25) is 9.80 Å². The van der Waals surface area contributed by atoms with Crippen LogP contribution in [-0.2, 0) is 0 Å². The summed E-state index contributed by atoms with van der Waals surface area (Å²) in [4.78, 5) is 4.89. The van der Waals surface area contributed by atoms with E-state index < -0.39 is 0 Å². The topological polar surface area (TPSA) is 26.7 Å². The lowest BCUT2D eigenvalue weighted by atomic mass is 10.1. The van der Waals surface area contributed by atoms with Crippen molar-refractivity contribution in [2.75, 3.05) is 33.3 Å². The van der Waals surface area contributed by atoms with Gasteiger partial charge in [-0.05, 0) is 39.2 Å². The molecule has 1 atom stereocenters. The molecule has 1 N–H and O–H groups in total. The van der Waals surface area contributed by atoms with Gasteiger partial charge in [-0.1, -0.05) is 83.3 Å². The lowest BCUT2D eigenvalue weighted by molar-refractivity contribution is 0.120. The summed E-state index contributed by atoms with van der Waals surface area (Å²) in [6.45, 7) is 5.68. The first-order valence-electron chi connectivity index (χ1n) is 12.0. The summed E-state index contributed by atoms with van der Waals surface area (Å²) < 4.78 is 0. The lowest BCUT2D eigenvalue weighted by Gasteiger charge is -2.27. The van der Waals surface area contributed by atoms with Gasteiger partial charge in [0.1, 0.15) is 0 Å². The van der Waals surface area contributed by atoms with Crippen molar-refractivity contribution in [2.45, 2.75) is 109 Å². The maximum atomic E-state index is 9.18. The Morgan fingerprint density at radius 1 is 0.778 bits per heavy atom. The molecule has 0 spiro atoms. The number of likely N-dealkylation sites (N-methyl/N-ethyl adjacent to an activating group) is 1. The number of unbranched alkanes of at least 4 members (excludes halogenated alkanes) is 12. The second-order valence-electron chi connectivity index (χ2n) is 8.45. The van der Waals surface area contributed by atoms with Crippen LogP contribution in [0, 0.1) is 0 Å². The Bertz CT molecular complexity index is 343. The number of hydrogen-bond donors (Lipinski definition) is 1. The maximum absolute atomic E-state index is 9.18. The lowest BCUT2D eigenvalue weighted by Crippen LogP contribution is -2.38. The number of aliphatic hydroxyl groups is 1. The van der Waals surface area contributed by atoms with Crippen molar-refractivity contribution in [3.63, 3.8) is 0 Å². The summed E-state index contributed by atoms with van der Waals surface area (Å²) in [5.74, 6) is 0. The highest BCUT2D eigenvalue weighted by atomic mass is 16.3. The fourth-order valence-electron chi connectivity index (χ4n) is 4.23. The second kappa shape index (κ2) is 17.7. The molecule has 1 heterocycles. The van der Waals surface area contributed by atoms with Gasteiger partial charge in [0.2, 0.25) is 0 Å². The quantitative estimate of drug-likeness (QED) is 0.234. The Hall–Kier alpha value is -0.380. The molecule has 27 heavy (non-hydrogen) atoms. The molecule has 3 heteroatoms. The van der Waals surface area contributed by atoms with Gasteiger partial charge in [0.15, 0.2) is 0 Å². The molecule has 0 aliphatic carbocycles. The molecule has 1 rings (SSSR count). The van der Waals surface area contributed by atoms with Crippen LogP contribution in [0.25, 0.3) is 0 Å². The zero-order valence-electron chi connectivity index (χ0n) is 18.5. The third-order valence-corrected chi connectivity index (χ3v) is 6.03. The Labute approximate surface area is 170 Å². The fraction of sp³-hybridized carbons (Fsp3) is 0.917. The van der Waals surface area contributed by atoms with E-state index in [0.717, 1.165) is 19.6 Å². The Morgan fingerprint density at radius 3 is 1.93 bits per heavy atom. The molecule has 1 aliphatic heterocycles. The molecule has 3 nitrogen and oxygen atoms in total. The number of β-amino-alcohol motifs (C(OH)–C–C–N with tert-alkyl or cyclic N) is 1. The maximum Gasteiger partial charge on any atom is 0.0621 e. The van der Waals surface area contributed by atoms with E-state index in [1.165, 1.54) is 96.3 Å². The molecule has 0 amide bonds. The average molecular weight is 381 g/mol. The van der Waals surface area contributed by atoms with Crippen LogP contribution >= 0.6 is 0 Å². The molecule has 0 aromatic heterocycles. The smallest absolute Gasteiger partial charge is 0.0621 e. The molecule has 1 unspecified atom stereocenters. The molecule has 1 saturated heterocycles. The van der Waals surface area contributed by atoms with Crippen molar-refractivity contribution in [3.05, 3.63) is 12.2 Å². The van der Waals surface area contributed by atoms with Crippen LogP contribution in [0.3, 0.4) is 0 Å². The molecular formula is C24H48N2O. The number of hydrogen-bond acceptors (Lipinski definition) is 3. The largest absolute Gasteiger partial charge is 0.395 e. The number of rotatable bonds is 18. The summed E-state index contributed by atoms with van der Waals surface area (Å²) in [6, 6.07) is 0. The highest BCUT2D eigenvalue weighted by Crippen LogP contribution is 2.19. The zero-order chi connectivity index (χ0) is 19.6. The molecule has 0 aromatic carbocycles. The van der Waals surface area contributed by atoms with E-state index in [0.29, 0.717) is 6.17 Å². The third kappa shape index (κ3) is 12.6. The van der Waals surface area contributed by atoms with E-state index >= 15 is 0 Å². The first kappa shape index (κ1) is 24.7. The fourth-order valence-corrected chi connectivity index (χ4v) is 4.23. The SMILES string of the molecule is CCCCCCCC/C=C\CCCCCCCCC1N(C)CCN1CCO. The molecule has 0 radical (unpaired) electrons. The average Bonchev–Trinajstić information content (AvgIpc) is 3.01. The third-order valence-electron chi connectivity index (χ3n) is 6.03. The molecule has 1 aliphatic rings. The van der Waals surface area contributed by atoms with E-state index in [-0.39, 0.29) is 6.61 Å². The van der Waals surface area contributed by atoms with Crippen LogP contribution in [-0.4, -0.2) is 54.4 Å². The molecule has 160 valence electrons. The minimum atomic E-state index is 0.289. The van der Waals surface area contributed by atoms with Gasteiger partial charge >= 0.3 is 0 Å². The van der Waals surface area contributed by atoms with Gasteiger partial charge in [-0.15, -0.1) is 0 Å². The summed E-state index contributed by atoms with van der Waals surface area (Å²) in [6.07, 6.45) is 25.9. The second-order valence-corrected chi connectivity index (χ2v) is 8.45. The summed E-state index contributed by atoms with van der Waals surface area (Å²) in [5.41, 5.74) is 0. The monoisotopic (exact) mass is 380 g/mol. The Kier molecular flexibility index (Phi) is 16.2. The summed E-state index contributed by atoms with van der Waals surface area (Å²) in [5, 5.41) is 9.18. The molecule has 0 saturated carbocycles. The molecular weight excluding hydrogens is 332 g/mol. The van der Waals surface area contributed by atoms with E-state index in [9.17, 15) is 5.11 Å². The predicted molar refractivity (Wildman–Crippen MR) is 119 cm³/mol. The Morgan fingerprint density at radius 2 is 1.33 bits per heavy atom. The minimum Gasteiger partial charge on any atom is -0.395 e. The van der Waals surface area contributed by atoms with E-state index in [1.54, 1.807) is 0 Å². The van der Waals surface area contributed by atoms with Crippen molar-refractivity contribution in [3.8, 4) is 0 Å². The zero-order valence-corrected chi connectivity index (χ0v) is 18.5. The molecule has 0 aromatic rings. The first-order valence-corrected chi connectivity index (χ1v) is 12.0. The first-order chi connectivity index (χ1) is 13.3. The number of allylic oxidation sites excluding steroid dienone is 2. The normalized spacial score (nSPS) is 18.9. The van der Waals surface area contributed by atoms with Crippen molar-refractivity contribution in [2.24, 2.45) is 0 Å². The highest BCUT2D eigenvalue weighted by molar-refractivity contribution is 4.81. The van der Waals surface area contributed by atoms with Crippen molar-refractivity contribution < 1.29 is 5.11 Å². The van der Waals surface area contributed by atoms with Gasteiger partial charge in [0.25, 0.3) is 0 Å². The van der Waals surface area contributed by atoms with Gasteiger partial charge in [-0.25, -0.2) is 0 Å². The molecule has 1 fully saturated rings.